The number of carbonyl (C=O) groups is 1. The lowest BCUT2D eigenvalue weighted by molar-refractivity contribution is 0.0598. The summed E-state index contributed by atoms with van der Waals surface area (Å²) in [5.74, 6) is 0.0569. The quantitative estimate of drug-likeness (QED) is 0.947. The molecule has 0 aliphatic carbocycles. The van der Waals surface area contributed by atoms with E-state index >= 15 is 0 Å². The molecule has 4 heteroatoms. The highest BCUT2D eigenvalue weighted by atomic mass is 16.2. The SMILES string of the molecule is Cc1cc2ccccc2nc1C(=O)N1CCCCC1CCN. The molecule has 3 rings (SSSR count). The van der Waals surface area contributed by atoms with Crippen LogP contribution in [-0.2, 0) is 0 Å². The monoisotopic (exact) mass is 297 g/mol. The molecule has 0 bridgehead atoms. The van der Waals surface area contributed by atoms with Crippen molar-refractivity contribution in [2.75, 3.05) is 13.1 Å². The fourth-order valence-corrected chi connectivity index (χ4v) is 3.33. The molecule has 116 valence electrons. The van der Waals surface area contributed by atoms with E-state index in [4.69, 9.17) is 5.73 Å². The van der Waals surface area contributed by atoms with Crippen molar-refractivity contribution in [2.24, 2.45) is 5.73 Å². The first-order valence-corrected chi connectivity index (χ1v) is 8.08. The highest BCUT2D eigenvalue weighted by Gasteiger charge is 2.28. The summed E-state index contributed by atoms with van der Waals surface area (Å²) in [6, 6.07) is 10.3. The van der Waals surface area contributed by atoms with Crippen molar-refractivity contribution in [3.8, 4) is 0 Å². The Bertz CT molecular complexity index is 681. The van der Waals surface area contributed by atoms with E-state index in [0.29, 0.717) is 12.2 Å². The zero-order chi connectivity index (χ0) is 15.5. The van der Waals surface area contributed by atoms with Gasteiger partial charge in [-0.3, -0.25) is 4.79 Å². The van der Waals surface area contributed by atoms with Crippen LogP contribution in [0, 0.1) is 6.92 Å². The summed E-state index contributed by atoms with van der Waals surface area (Å²) in [6.07, 6.45) is 4.17. The Morgan fingerprint density at radius 2 is 2.18 bits per heavy atom. The normalized spacial score (nSPS) is 18.6. The number of carbonyl (C=O) groups excluding carboxylic acids is 1. The third-order valence-electron chi connectivity index (χ3n) is 4.51. The number of hydrogen-bond acceptors (Lipinski definition) is 3. The van der Waals surface area contributed by atoms with E-state index in [1.807, 2.05) is 36.1 Å². The van der Waals surface area contributed by atoms with Crippen LogP contribution in [0.4, 0.5) is 0 Å². The number of likely N-dealkylation sites (tertiary alicyclic amines) is 1. The molecule has 22 heavy (non-hydrogen) atoms. The summed E-state index contributed by atoms with van der Waals surface area (Å²) < 4.78 is 0. The summed E-state index contributed by atoms with van der Waals surface area (Å²) in [6.45, 7) is 3.41. The van der Waals surface area contributed by atoms with Gasteiger partial charge in [-0.25, -0.2) is 4.98 Å². The van der Waals surface area contributed by atoms with E-state index in [9.17, 15) is 4.79 Å². The number of fused-ring (bicyclic) bond motifs is 1. The van der Waals surface area contributed by atoms with Gasteiger partial charge >= 0.3 is 0 Å². The van der Waals surface area contributed by atoms with Crippen LogP contribution in [0.5, 0.6) is 0 Å². The lowest BCUT2D eigenvalue weighted by atomic mass is 9.98. The molecule has 1 aliphatic heterocycles. The molecule has 1 atom stereocenters. The molecule has 1 aliphatic rings. The Kier molecular flexibility index (Phi) is 4.39. The molecule has 0 spiro atoms. The van der Waals surface area contributed by atoms with Crippen LogP contribution in [0.3, 0.4) is 0 Å². The smallest absolute Gasteiger partial charge is 0.272 e. The number of hydrogen-bond donors (Lipinski definition) is 1. The number of pyridine rings is 1. The Labute approximate surface area is 131 Å². The predicted molar refractivity (Wildman–Crippen MR) is 88.8 cm³/mol. The summed E-state index contributed by atoms with van der Waals surface area (Å²) in [7, 11) is 0. The Morgan fingerprint density at radius 3 is 3.00 bits per heavy atom. The van der Waals surface area contributed by atoms with Crippen molar-refractivity contribution in [1.29, 1.82) is 0 Å². The Morgan fingerprint density at radius 1 is 1.36 bits per heavy atom. The Balaban J connectivity index is 1.95. The van der Waals surface area contributed by atoms with Crippen molar-refractivity contribution in [1.82, 2.24) is 9.88 Å². The van der Waals surface area contributed by atoms with E-state index in [2.05, 4.69) is 11.1 Å². The Hall–Kier alpha value is -1.94. The highest BCUT2D eigenvalue weighted by Crippen LogP contribution is 2.23. The van der Waals surface area contributed by atoms with Crippen LogP contribution in [0.15, 0.2) is 30.3 Å². The van der Waals surface area contributed by atoms with Gasteiger partial charge in [0.15, 0.2) is 0 Å². The number of nitrogens with two attached hydrogens (primary N) is 1. The van der Waals surface area contributed by atoms with Crippen molar-refractivity contribution in [3.63, 3.8) is 0 Å². The molecule has 4 nitrogen and oxygen atoms in total. The maximum atomic E-state index is 13.0. The van der Waals surface area contributed by atoms with Gasteiger partial charge in [-0.15, -0.1) is 0 Å². The number of aryl methyl sites for hydroxylation is 1. The fraction of sp³-hybridized carbons (Fsp3) is 0.444. The van der Waals surface area contributed by atoms with E-state index < -0.39 is 0 Å². The van der Waals surface area contributed by atoms with Crippen molar-refractivity contribution >= 4 is 16.8 Å². The van der Waals surface area contributed by atoms with Gasteiger partial charge in [0.1, 0.15) is 5.69 Å². The largest absolute Gasteiger partial charge is 0.334 e. The van der Waals surface area contributed by atoms with Crippen LogP contribution < -0.4 is 5.73 Å². The van der Waals surface area contributed by atoms with Gasteiger partial charge in [-0.05, 0) is 56.8 Å². The number of benzene rings is 1. The van der Waals surface area contributed by atoms with E-state index in [1.54, 1.807) is 0 Å². The topological polar surface area (TPSA) is 59.2 Å². The first-order chi connectivity index (χ1) is 10.7. The summed E-state index contributed by atoms with van der Waals surface area (Å²) in [5, 5.41) is 1.08. The van der Waals surface area contributed by atoms with E-state index in [0.717, 1.165) is 42.3 Å². The van der Waals surface area contributed by atoms with Gasteiger partial charge < -0.3 is 10.6 Å². The van der Waals surface area contributed by atoms with E-state index in [-0.39, 0.29) is 11.9 Å². The third kappa shape index (κ3) is 2.83. The zero-order valence-corrected chi connectivity index (χ0v) is 13.1. The van der Waals surface area contributed by atoms with Crippen molar-refractivity contribution in [3.05, 3.63) is 41.6 Å². The maximum Gasteiger partial charge on any atom is 0.272 e. The second kappa shape index (κ2) is 6.44. The number of para-hydroxylation sites is 1. The van der Waals surface area contributed by atoms with Crippen molar-refractivity contribution < 1.29 is 4.79 Å². The fourth-order valence-electron chi connectivity index (χ4n) is 3.33. The van der Waals surface area contributed by atoms with Gasteiger partial charge in [0.2, 0.25) is 0 Å². The summed E-state index contributed by atoms with van der Waals surface area (Å²) in [5.41, 5.74) is 8.12. The molecule has 2 heterocycles. The third-order valence-corrected chi connectivity index (χ3v) is 4.51. The van der Waals surface area contributed by atoms with Crippen LogP contribution in [0.1, 0.15) is 41.7 Å². The van der Waals surface area contributed by atoms with Crippen LogP contribution >= 0.6 is 0 Å². The number of aromatic nitrogens is 1. The van der Waals surface area contributed by atoms with Gasteiger partial charge in [0, 0.05) is 18.0 Å². The molecule has 1 unspecified atom stereocenters. The molecule has 2 aromatic rings. The molecule has 0 saturated carbocycles. The molecule has 0 radical (unpaired) electrons. The van der Waals surface area contributed by atoms with Crippen LogP contribution in [0.2, 0.25) is 0 Å². The molecule has 2 N–H and O–H groups in total. The van der Waals surface area contributed by atoms with Crippen LogP contribution in [0.25, 0.3) is 10.9 Å². The lowest BCUT2D eigenvalue weighted by Crippen LogP contribution is -2.45. The first-order valence-electron chi connectivity index (χ1n) is 8.08. The van der Waals surface area contributed by atoms with Gasteiger partial charge in [0.05, 0.1) is 5.52 Å². The highest BCUT2D eigenvalue weighted by molar-refractivity contribution is 5.96. The van der Waals surface area contributed by atoms with Gasteiger partial charge in [-0.1, -0.05) is 18.2 Å². The molecule has 1 aromatic heterocycles. The summed E-state index contributed by atoms with van der Waals surface area (Å²) >= 11 is 0. The first kappa shape index (κ1) is 15.0. The predicted octanol–water partition coefficient (Wildman–Crippen LogP) is 2.89. The minimum atomic E-state index is 0.0569. The van der Waals surface area contributed by atoms with Crippen LogP contribution in [-0.4, -0.2) is 34.9 Å². The van der Waals surface area contributed by atoms with Gasteiger partial charge in [-0.2, -0.15) is 0 Å². The molecular weight excluding hydrogens is 274 g/mol. The molecule has 1 fully saturated rings. The maximum absolute atomic E-state index is 13.0. The summed E-state index contributed by atoms with van der Waals surface area (Å²) in [4.78, 5) is 19.6. The van der Waals surface area contributed by atoms with E-state index in [1.165, 1.54) is 6.42 Å². The molecule has 1 aromatic carbocycles. The average Bonchev–Trinajstić information content (AvgIpc) is 2.54. The van der Waals surface area contributed by atoms with Gasteiger partial charge in [0.25, 0.3) is 5.91 Å². The minimum Gasteiger partial charge on any atom is -0.334 e. The second-order valence-corrected chi connectivity index (χ2v) is 6.07. The lowest BCUT2D eigenvalue weighted by Gasteiger charge is -2.35. The number of amides is 1. The number of nitrogens with zero attached hydrogens (tertiary/aromatic N) is 2. The molecular formula is C18H23N3O. The number of piperidine rings is 1. The average molecular weight is 297 g/mol. The number of rotatable bonds is 3. The van der Waals surface area contributed by atoms with Crippen molar-refractivity contribution in [2.45, 2.75) is 38.6 Å². The second-order valence-electron chi connectivity index (χ2n) is 6.07. The standard InChI is InChI=1S/C18H23N3O/c1-13-12-14-6-2-3-8-16(14)20-17(13)18(22)21-11-5-4-7-15(21)9-10-19/h2-3,6,8,12,15H,4-5,7,9-11,19H2,1H3. The zero-order valence-electron chi connectivity index (χ0n) is 13.1. The minimum absolute atomic E-state index is 0.0569. The molecule has 1 saturated heterocycles. The molecule has 1 amide bonds.